The van der Waals surface area contributed by atoms with E-state index in [0.717, 1.165) is 16.5 Å². The number of fused-ring (bicyclic) bond motifs is 1. The fourth-order valence-electron chi connectivity index (χ4n) is 3.69. The molecule has 0 bridgehead atoms. The molecule has 1 heterocycles. The molecule has 0 unspecified atom stereocenters. The van der Waals surface area contributed by atoms with Gasteiger partial charge in [0.2, 0.25) is 0 Å². The van der Waals surface area contributed by atoms with Crippen LogP contribution in [0.2, 0.25) is 5.02 Å². The Morgan fingerprint density at radius 3 is 2.20 bits per heavy atom. The number of piperidine rings is 1. The molecule has 1 aliphatic heterocycles. The summed E-state index contributed by atoms with van der Waals surface area (Å²) in [5, 5.41) is 2.59. The first-order chi connectivity index (χ1) is 14.5. The fourth-order valence-corrected chi connectivity index (χ4v) is 3.81. The molecule has 0 radical (unpaired) electrons. The number of hydrogen-bond acceptors (Lipinski definition) is 4. The van der Waals surface area contributed by atoms with Gasteiger partial charge in [-0.05, 0) is 72.1 Å². The number of nitrogens with zero attached hydrogens (tertiary/aromatic N) is 1. The van der Waals surface area contributed by atoms with Gasteiger partial charge in [-0.15, -0.1) is 0 Å². The highest BCUT2D eigenvalue weighted by Crippen LogP contribution is 2.27. The monoisotopic (exact) mass is 423 g/mol. The molecule has 1 fully saturated rings. The van der Waals surface area contributed by atoms with Crippen LogP contribution in [0.5, 0.6) is 11.5 Å². The van der Waals surface area contributed by atoms with Crippen molar-refractivity contribution < 1.29 is 19.1 Å². The van der Waals surface area contributed by atoms with Crippen LogP contribution in [0, 0.1) is 5.92 Å². The van der Waals surface area contributed by atoms with Crippen LogP contribution in [-0.4, -0.2) is 37.0 Å². The standard InChI is InChI=1S/C24H22ClNO4/c1-29-21-8-4-16-5-9-22(15-19(16)14-21)30-24(28)18-10-12-26(13-11-18)23(27)17-2-6-20(25)7-3-17/h2-9,14-15,18H,10-13H2,1H3. The van der Waals surface area contributed by atoms with Gasteiger partial charge >= 0.3 is 5.97 Å². The van der Waals surface area contributed by atoms with E-state index in [-0.39, 0.29) is 17.8 Å². The van der Waals surface area contributed by atoms with E-state index in [0.29, 0.717) is 42.3 Å². The number of halogens is 1. The van der Waals surface area contributed by atoms with Crippen LogP contribution in [0.4, 0.5) is 0 Å². The second kappa shape index (κ2) is 8.76. The van der Waals surface area contributed by atoms with E-state index < -0.39 is 0 Å². The average Bonchev–Trinajstić information content (AvgIpc) is 2.78. The van der Waals surface area contributed by atoms with E-state index in [2.05, 4.69) is 0 Å². The number of rotatable bonds is 4. The molecule has 0 spiro atoms. The Morgan fingerprint density at radius 2 is 1.53 bits per heavy atom. The third kappa shape index (κ3) is 4.41. The van der Waals surface area contributed by atoms with Gasteiger partial charge in [0.25, 0.3) is 5.91 Å². The number of carbonyl (C=O) groups is 2. The zero-order chi connectivity index (χ0) is 21.1. The zero-order valence-corrected chi connectivity index (χ0v) is 17.4. The third-order valence-electron chi connectivity index (χ3n) is 5.44. The van der Waals surface area contributed by atoms with Gasteiger partial charge in [0, 0.05) is 23.7 Å². The molecule has 3 aromatic rings. The Morgan fingerprint density at radius 1 is 0.900 bits per heavy atom. The summed E-state index contributed by atoms with van der Waals surface area (Å²) in [6, 6.07) is 18.2. The maximum absolute atomic E-state index is 12.6. The largest absolute Gasteiger partial charge is 0.497 e. The highest BCUT2D eigenvalue weighted by Gasteiger charge is 2.29. The summed E-state index contributed by atoms with van der Waals surface area (Å²) in [5.41, 5.74) is 0.604. The van der Waals surface area contributed by atoms with Crippen LogP contribution >= 0.6 is 11.6 Å². The minimum atomic E-state index is -0.254. The topological polar surface area (TPSA) is 55.8 Å². The number of methoxy groups -OCH3 is 1. The van der Waals surface area contributed by atoms with Gasteiger partial charge in [-0.2, -0.15) is 0 Å². The Kier molecular flexibility index (Phi) is 5.91. The van der Waals surface area contributed by atoms with Crippen molar-refractivity contribution in [1.29, 1.82) is 0 Å². The quantitative estimate of drug-likeness (QED) is 0.439. The molecule has 30 heavy (non-hydrogen) atoms. The van der Waals surface area contributed by atoms with Gasteiger partial charge < -0.3 is 14.4 Å². The lowest BCUT2D eigenvalue weighted by atomic mass is 9.96. The van der Waals surface area contributed by atoms with Gasteiger partial charge in [-0.1, -0.05) is 23.7 Å². The van der Waals surface area contributed by atoms with E-state index in [1.807, 2.05) is 30.3 Å². The molecule has 0 saturated carbocycles. The van der Waals surface area contributed by atoms with Crippen LogP contribution in [0.3, 0.4) is 0 Å². The van der Waals surface area contributed by atoms with Crippen LogP contribution in [0.15, 0.2) is 60.7 Å². The van der Waals surface area contributed by atoms with Crippen LogP contribution in [0.1, 0.15) is 23.2 Å². The number of benzene rings is 3. The molecule has 1 aliphatic rings. The van der Waals surface area contributed by atoms with Crippen molar-refractivity contribution in [1.82, 2.24) is 4.90 Å². The van der Waals surface area contributed by atoms with Crippen molar-refractivity contribution in [2.24, 2.45) is 5.92 Å². The molecular formula is C24H22ClNO4. The van der Waals surface area contributed by atoms with Gasteiger partial charge in [0.1, 0.15) is 11.5 Å². The smallest absolute Gasteiger partial charge is 0.314 e. The molecular weight excluding hydrogens is 402 g/mol. The van der Waals surface area contributed by atoms with E-state index in [1.165, 1.54) is 0 Å². The Hall–Kier alpha value is -3.05. The molecule has 0 aromatic heterocycles. The molecule has 0 aliphatic carbocycles. The Balaban J connectivity index is 1.37. The third-order valence-corrected chi connectivity index (χ3v) is 5.70. The molecule has 0 N–H and O–H groups in total. The number of ether oxygens (including phenoxy) is 2. The SMILES string of the molecule is COc1ccc2ccc(OC(=O)C3CCN(C(=O)c4ccc(Cl)cc4)CC3)cc2c1. The summed E-state index contributed by atoms with van der Waals surface area (Å²) in [4.78, 5) is 27.0. The summed E-state index contributed by atoms with van der Waals surface area (Å²) in [7, 11) is 1.62. The number of carbonyl (C=O) groups excluding carboxylic acids is 2. The Bertz CT molecular complexity index is 1070. The maximum atomic E-state index is 12.6. The number of hydrogen-bond donors (Lipinski definition) is 0. The lowest BCUT2D eigenvalue weighted by Crippen LogP contribution is -2.41. The van der Waals surface area contributed by atoms with Gasteiger partial charge in [-0.3, -0.25) is 9.59 Å². The summed E-state index contributed by atoms with van der Waals surface area (Å²) in [6.45, 7) is 1.05. The summed E-state index contributed by atoms with van der Waals surface area (Å²) in [5.74, 6) is 0.752. The van der Waals surface area contributed by atoms with Crippen molar-refractivity contribution in [3.8, 4) is 11.5 Å². The highest BCUT2D eigenvalue weighted by atomic mass is 35.5. The molecule has 1 saturated heterocycles. The normalized spacial score (nSPS) is 14.5. The first-order valence-corrected chi connectivity index (χ1v) is 10.3. The maximum Gasteiger partial charge on any atom is 0.314 e. The molecule has 1 amide bonds. The first kappa shape index (κ1) is 20.2. The predicted molar refractivity (Wildman–Crippen MR) is 116 cm³/mol. The van der Waals surface area contributed by atoms with E-state index in [4.69, 9.17) is 21.1 Å². The number of likely N-dealkylation sites (tertiary alicyclic amines) is 1. The van der Waals surface area contributed by atoms with E-state index >= 15 is 0 Å². The lowest BCUT2D eigenvalue weighted by Gasteiger charge is -2.31. The second-order valence-electron chi connectivity index (χ2n) is 7.37. The van der Waals surface area contributed by atoms with Crippen molar-refractivity contribution in [2.45, 2.75) is 12.8 Å². The highest BCUT2D eigenvalue weighted by molar-refractivity contribution is 6.30. The van der Waals surface area contributed by atoms with Gasteiger partial charge in [-0.25, -0.2) is 0 Å². The van der Waals surface area contributed by atoms with Crippen molar-refractivity contribution in [3.05, 3.63) is 71.2 Å². The first-order valence-electron chi connectivity index (χ1n) is 9.88. The van der Waals surface area contributed by atoms with Crippen LogP contribution < -0.4 is 9.47 Å². The number of amides is 1. The average molecular weight is 424 g/mol. The molecule has 0 atom stereocenters. The van der Waals surface area contributed by atoms with Gasteiger partial charge in [0.15, 0.2) is 0 Å². The minimum absolute atomic E-state index is 0.0399. The molecule has 5 nitrogen and oxygen atoms in total. The molecule has 6 heteroatoms. The fraction of sp³-hybridized carbons (Fsp3) is 0.250. The van der Waals surface area contributed by atoms with Crippen LogP contribution in [0.25, 0.3) is 10.8 Å². The summed E-state index contributed by atoms with van der Waals surface area (Å²) >= 11 is 5.89. The lowest BCUT2D eigenvalue weighted by molar-refractivity contribution is -0.140. The zero-order valence-electron chi connectivity index (χ0n) is 16.6. The number of esters is 1. The van der Waals surface area contributed by atoms with E-state index in [1.54, 1.807) is 42.3 Å². The summed E-state index contributed by atoms with van der Waals surface area (Å²) in [6.07, 6.45) is 1.17. The van der Waals surface area contributed by atoms with E-state index in [9.17, 15) is 9.59 Å². The molecule has 4 rings (SSSR count). The molecule has 154 valence electrons. The Labute approximate surface area is 180 Å². The predicted octanol–water partition coefficient (Wildman–Crippen LogP) is 4.96. The second-order valence-corrected chi connectivity index (χ2v) is 7.81. The summed E-state index contributed by atoms with van der Waals surface area (Å²) < 4.78 is 10.9. The minimum Gasteiger partial charge on any atom is -0.497 e. The van der Waals surface area contributed by atoms with Crippen molar-refractivity contribution in [2.75, 3.05) is 20.2 Å². The van der Waals surface area contributed by atoms with Gasteiger partial charge in [0.05, 0.1) is 13.0 Å². The molecule has 3 aromatic carbocycles. The van der Waals surface area contributed by atoms with Crippen molar-refractivity contribution in [3.63, 3.8) is 0 Å². The van der Waals surface area contributed by atoms with Crippen LogP contribution in [-0.2, 0) is 4.79 Å². The van der Waals surface area contributed by atoms with Crippen molar-refractivity contribution >= 4 is 34.2 Å².